The first-order valence-electron chi connectivity index (χ1n) is 5.23. The summed E-state index contributed by atoms with van der Waals surface area (Å²) < 4.78 is 1.47. The first kappa shape index (κ1) is 12.6. The van der Waals surface area contributed by atoms with Crippen LogP contribution in [0.4, 0.5) is 0 Å². The molecular weight excluding hydrogens is 208 g/mol. The van der Waals surface area contributed by atoms with E-state index in [-0.39, 0.29) is 24.5 Å². The molecule has 90 valence electrons. The van der Waals surface area contributed by atoms with E-state index >= 15 is 0 Å². The molecule has 0 radical (unpaired) electrons. The van der Waals surface area contributed by atoms with E-state index in [9.17, 15) is 4.79 Å². The average molecular weight is 226 g/mol. The van der Waals surface area contributed by atoms with Crippen LogP contribution in [-0.2, 0) is 11.3 Å². The average Bonchev–Trinajstić information content (AvgIpc) is 2.68. The number of hydrogen-bond acceptors (Lipinski definition) is 4. The van der Waals surface area contributed by atoms with Crippen molar-refractivity contribution in [2.24, 2.45) is 5.41 Å². The summed E-state index contributed by atoms with van der Waals surface area (Å²) in [7, 11) is 0. The quantitative estimate of drug-likeness (QED) is 0.704. The van der Waals surface area contributed by atoms with Gasteiger partial charge in [-0.05, 0) is 11.8 Å². The van der Waals surface area contributed by atoms with Crippen LogP contribution in [0.15, 0.2) is 12.7 Å². The van der Waals surface area contributed by atoms with Crippen LogP contribution in [0.25, 0.3) is 0 Å². The number of aliphatic hydroxyl groups excluding tert-OH is 1. The minimum Gasteiger partial charge on any atom is -0.396 e. The Morgan fingerprint density at radius 3 is 2.88 bits per heavy atom. The summed E-state index contributed by atoms with van der Waals surface area (Å²) >= 11 is 0. The molecule has 0 aliphatic rings. The van der Waals surface area contributed by atoms with Crippen LogP contribution < -0.4 is 5.32 Å². The molecule has 0 aromatic carbocycles. The molecule has 0 saturated carbocycles. The molecule has 1 heterocycles. The summed E-state index contributed by atoms with van der Waals surface area (Å²) in [5.74, 6) is -0.100. The van der Waals surface area contributed by atoms with Gasteiger partial charge >= 0.3 is 0 Å². The number of hydrogen-bond donors (Lipinski definition) is 2. The molecule has 6 nitrogen and oxygen atoms in total. The lowest BCUT2D eigenvalue weighted by Crippen LogP contribution is -2.36. The Balaban J connectivity index is 2.30. The number of nitrogens with zero attached hydrogens (tertiary/aromatic N) is 3. The highest BCUT2D eigenvalue weighted by atomic mass is 16.3. The van der Waals surface area contributed by atoms with Crippen LogP contribution in [-0.4, -0.2) is 38.9 Å². The molecule has 1 aromatic rings. The van der Waals surface area contributed by atoms with Crippen molar-refractivity contribution in [2.75, 3.05) is 13.2 Å². The highest BCUT2D eigenvalue weighted by molar-refractivity contribution is 5.75. The van der Waals surface area contributed by atoms with Gasteiger partial charge in [-0.25, -0.2) is 9.67 Å². The van der Waals surface area contributed by atoms with Gasteiger partial charge in [-0.1, -0.05) is 13.8 Å². The third-order valence-corrected chi connectivity index (χ3v) is 2.32. The van der Waals surface area contributed by atoms with Crippen molar-refractivity contribution in [1.82, 2.24) is 20.1 Å². The van der Waals surface area contributed by atoms with E-state index in [0.29, 0.717) is 13.0 Å². The van der Waals surface area contributed by atoms with E-state index in [0.717, 1.165) is 0 Å². The van der Waals surface area contributed by atoms with Crippen molar-refractivity contribution in [3.63, 3.8) is 0 Å². The first-order valence-corrected chi connectivity index (χ1v) is 5.23. The van der Waals surface area contributed by atoms with Gasteiger partial charge in [-0.3, -0.25) is 4.79 Å². The molecule has 0 aliphatic heterocycles. The maximum atomic E-state index is 11.5. The van der Waals surface area contributed by atoms with Gasteiger partial charge in [-0.15, -0.1) is 0 Å². The molecule has 0 unspecified atom stereocenters. The molecule has 1 rings (SSSR count). The maximum Gasteiger partial charge on any atom is 0.241 e. The number of rotatable bonds is 6. The van der Waals surface area contributed by atoms with E-state index in [4.69, 9.17) is 5.11 Å². The standard InChI is InChI=1S/C10H18N4O2/c1-10(2,3-4-15)6-12-9(16)5-14-8-11-7-13-14/h7-8,15H,3-6H2,1-2H3,(H,12,16). The predicted molar refractivity (Wildman–Crippen MR) is 58.5 cm³/mol. The van der Waals surface area contributed by atoms with E-state index < -0.39 is 0 Å². The summed E-state index contributed by atoms with van der Waals surface area (Å²) in [6, 6.07) is 0. The molecule has 1 aromatic heterocycles. The Hall–Kier alpha value is -1.43. The molecule has 0 bridgehead atoms. The SMILES string of the molecule is CC(C)(CCO)CNC(=O)Cn1cncn1. The van der Waals surface area contributed by atoms with E-state index in [1.165, 1.54) is 17.3 Å². The van der Waals surface area contributed by atoms with Crippen LogP contribution in [0.2, 0.25) is 0 Å². The lowest BCUT2D eigenvalue weighted by molar-refractivity contribution is -0.122. The van der Waals surface area contributed by atoms with Gasteiger partial charge in [0.15, 0.2) is 0 Å². The first-order chi connectivity index (χ1) is 7.53. The molecule has 0 fully saturated rings. The van der Waals surface area contributed by atoms with Crippen molar-refractivity contribution in [3.8, 4) is 0 Å². The van der Waals surface area contributed by atoms with Crippen LogP contribution >= 0.6 is 0 Å². The molecule has 0 aliphatic carbocycles. The molecule has 0 spiro atoms. The number of amides is 1. The Morgan fingerprint density at radius 2 is 2.31 bits per heavy atom. The fourth-order valence-electron chi connectivity index (χ4n) is 1.25. The van der Waals surface area contributed by atoms with E-state index in [1.54, 1.807) is 0 Å². The minimum atomic E-state index is -0.100. The second kappa shape index (κ2) is 5.60. The number of carbonyl (C=O) groups excluding carboxylic acids is 1. The zero-order valence-electron chi connectivity index (χ0n) is 9.68. The number of aliphatic hydroxyl groups is 1. The lowest BCUT2D eigenvalue weighted by Gasteiger charge is -2.23. The van der Waals surface area contributed by atoms with Gasteiger partial charge in [0.1, 0.15) is 19.2 Å². The Labute approximate surface area is 94.7 Å². The molecular formula is C10H18N4O2. The van der Waals surface area contributed by atoms with E-state index in [2.05, 4.69) is 15.4 Å². The fraction of sp³-hybridized carbons (Fsp3) is 0.700. The third-order valence-electron chi connectivity index (χ3n) is 2.32. The zero-order chi connectivity index (χ0) is 12.0. The smallest absolute Gasteiger partial charge is 0.241 e. The molecule has 0 saturated heterocycles. The summed E-state index contributed by atoms with van der Waals surface area (Å²) in [6.07, 6.45) is 3.55. The monoisotopic (exact) mass is 226 g/mol. The van der Waals surface area contributed by atoms with Crippen LogP contribution in [0.5, 0.6) is 0 Å². The summed E-state index contributed by atoms with van der Waals surface area (Å²) in [4.78, 5) is 15.3. The highest BCUT2D eigenvalue weighted by Gasteiger charge is 2.18. The Morgan fingerprint density at radius 1 is 1.56 bits per heavy atom. The highest BCUT2D eigenvalue weighted by Crippen LogP contribution is 2.17. The van der Waals surface area contributed by atoms with Crippen LogP contribution in [0, 0.1) is 5.41 Å². The largest absolute Gasteiger partial charge is 0.396 e. The lowest BCUT2D eigenvalue weighted by atomic mass is 9.90. The van der Waals surface area contributed by atoms with Crippen molar-refractivity contribution in [1.29, 1.82) is 0 Å². The zero-order valence-corrected chi connectivity index (χ0v) is 9.68. The summed E-state index contributed by atoms with van der Waals surface area (Å²) in [6.45, 7) is 4.85. The second-order valence-corrected chi connectivity index (χ2v) is 4.51. The molecule has 0 atom stereocenters. The van der Waals surface area contributed by atoms with Gasteiger partial charge in [0.05, 0.1) is 0 Å². The van der Waals surface area contributed by atoms with Crippen molar-refractivity contribution in [3.05, 3.63) is 12.7 Å². The van der Waals surface area contributed by atoms with Gasteiger partial charge in [0, 0.05) is 13.2 Å². The molecule has 2 N–H and O–H groups in total. The van der Waals surface area contributed by atoms with Gasteiger partial charge in [-0.2, -0.15) is 5.10 Å². The number of carbonyl (C=O) groups is 1. The van der Waals surface area contributed by atoms with Crippen molar-refractivity contribution in [2.45, 2.75) is 26.8 Å². The Bertz CT molecular complexity index is 322. The van der Waals surface area contributed by atoms with Gasteiger partial charge in [0.25, 0.3) is 0 Å². The third kappa shape index (κ3) is 4.39. The fourth-order valence-corrected chi connectivity index (χ4v) is 1.25. The van der Waals surface area contributed by atoms with Crippen LogP contribution in [0.3, 0.4) is 0 Å². The predicted octanol–water partition coefficient (Wildman–Crippen LogP) is -0.197. The number of nitrogens with one attached hydrogen (secondary N) is 1. The van der Waals surface area contributed by atoms with Crippen molar-refractivity contribution < 1.29 is 9.90 Å². The van der Waals surface area contributed by atoms with Crippen molar-refractivity contribution >= 4 is 5.91 Å². The topological polar surface area (TPSA) is 80.0 Å². The Kier molecular flexibility index (Phi) is 4.42. The van der Waals surface area contributed by atoms with Crippen LogP contribution in [0.1, 0.15) is 20.3 Å². The molecule has 6 heteroatoms. The van der Waals surface area contributed by atoms with Gasteiger partial charge < -0.3 is 10.4 Å². The number of aromatic nitrogens is 3. The summed E-state index contributed by atoms with van der Waals surface area (Å²) in [5, 5.41) is 15.5. The minimum absolute atomic E-state index is 0.0905. The van der Waals surface area contributed by atoms with E-state index in [1.807, 2.05) is 13.8 Å². The molecule has 1 amide bonds. The summed E-state index contributed by atoms with van der Waals surface area (Å²) in [5.41, 5.74) is -0.0905. The normalized spacial score (nSPS) is 11.4. The second-order valence-electron chi connectivity index (χ2n) is 4.51. The molecule has 16 heavy (non-hydrogen) atoms. The maximum absolute atomic E-state index is 11.5. The van der Waals surface area contributed by atoms with Gasteiger partial charge in [0.2, 0.25) is 5.91 Å².